The van der Waals surface area contributed by atoms with Crippen molar-refractivity contribution in [3.05, 3.63) is 76.4 Å². The molecule has 0 atom stereocenters. The monoisotopic (exact) mass is 864 g/mol. The normalized spacial score (nSPS) is 13.3. The third kappa shape index (κ3) is 9.19. The molecule has 5 heterocycles. The topological polar surface area (TPSA) is 273 Å². The molecular weight excluding hydrogens is 813 g/mol. The Labute approximate surface area is 362 Å². The highest BCUT2D eigenvalue weighted by molar-refractivity contribution is 6.07. The van der Waals surface area contributed by atoms with E-state index in [1.165, 1.54) is 23.9 Å². The second-order valence-corrected chi connectivity index (χ2v) is 14.9. The molecule has 0 unspecified atom stereocenters. The number of nitrogen functional groups attached to an aromatic ring is 1. The number of nitrogens with zero attached hydrogens (tertiary/aromatic N) is 9. The van der Waals surface area contributed by atoms with E-state index in [1.807, 2.05) is 26.0 Å². The first-order valence-electron chi connectivity index (χ1n) is 20.6. The molecule has 0 saturated carbocycles. The van der Waals surface area contributed by atoms with Crippen molar-refractivity contribution in [2.75, 3.05) is 62.9 Å². The fourth-order valence-electron chi connectivity index (χ4n) is 7.57. The van der Waals surface area contributed by atoms with Crippen LogP contribution in [0, 0.1) is 13.8 Å². The SMILES string of the molecule is CCn1nc(C)cc1C(=O)Nc1nc2cc(C(N)=O)cc(OC)c2n1C/C=C/Cn1c(NC(=O)c2c(N)c(C)nn2CC)nc2cc(C(N)=O)cc(OCCCN3CCOCC3)c21. The summed E-state index contributed by atoms with van der Waals surface area (Å²) in [5, 5.41) is 14.6. The number of morpholine rings is 1. The summed E-state index contributed by atoms with van der Waals surface area (Å²) in [6.45, 7) is 12.5. The van der Waals surface area contributed by atoms with Gasteiger partial charge in [0.25, 0.3) is 11.8 Å². The Balaban J connectivity index is 1.26. The van der Waals surface area contributed by atoms with E-state index in [2.05, 4.69) is 25.7 Å². The van der Waals surface area contributed by atoms with E-state index in [4.69, 9.17) is 41.4 Å². The minimum Gasteiger partial charge on any atom is -0.494 e. The molecule has 21 nitrogen and oxygen atoms in total. The number of nitrogens with one attached hydrogen (secondary N) is 2. The zero-order chi connectivity index (χ0) is 44.9. The van der Waals surface area contributed by atoms with Crippen LogP contribution in [0.5, 0.6) is 11.5 Å². The number of aryl methyl sites for hydroxylation is 4. The lowest BCUT2D eigenvalue weighted by atomic mass is 10.1. The fraction of sp³-hybridized carbons (Fsp3) is 0.381. The van der Waals surface area contributed by atoms with Gasteiger partial charge in [0.05, 0.1) is 55.0 Å². The van der Waals surface area contributed by atoms with Crippen LogP contribution in [0.2, 0.25) is 0 Å². The van der Waals surface area contributed by atoms with E-state index >= 15 is 0 Å². The predicted octanol–water partition coefficient (Wildman–Crippen LogP) is 3.09. The molecule has 4 aromatic heterocycles. The van der Waals surface area contributed by atoms with Crippen LogP contribution in [-0.2, 0) is 30.9 Å². The highest BCUT2D eigenvalue weighted by atomic mass is 16.5. The van der Waals surface area contributed by atoms with E-state index in [0.29, 0.717) is 90.0 Å². The quantitative estimate of drug-likeness (QED) is 0.0615. The number of allylic oxidation sites excluding steroid dienone is 2. The summed E-state index contributed by atoms with van der Waals surface area (Å²) in [7, 11) is 1.46. The van der Waals surface area contributed by atoms with Crippen LogP contribution in [-0.4, -0.2) is 114 Å². The first kappa shape index (κ1) is 43.8. The van der Waals surface area contributed by atoms with Gasteiger partial charge in [0.1, 0.15) is 33.9 Å². The van der Waals surface area contributed by atoms with Crippen LogP contribution in [0.3, 0.4) is 0 Å². The first-order chi connectivity index (χ1) is 30.3. The predicted molar refractivity (Wildman–Crippen MR) is 235 cm³/mol. The fourth-order valence-corrected chi connectivity index (χ4v) is 7.57. The average molecular weight is 865 g/mol. The molecule has 332 valence electrons. The molecule has 2 aromatic carbocycles. The maximum atomic E-state index is 14.0. The molecule has 4 amide bonds. The number of nitrogens with two attached hydrogens (primary N) is 3. The lowest BCUT2D eigenvalue weighted by molar-refractivity contribution is 0.0358. The molecule has 7 rings (SSSR count). The number of ether oxygens (including phenoxy) is 3. The molecule has 1 saturated heterocycles. The summed E-state index contributed by atoms with van der Waals surface area (Å²) in [6, 6.07) is 7.86. The van der Waals surface area contributed by atoms with Crippen molar-refractivity contribution in [2.45, 2.75) is 60.3 Å². The number of amides is 4. The average Bonchev–Trinajstić information content (AvgIpc) is 4.01. The number of rotatable bonds is 18. The number of benzene rings is 2. The largest absolute Gasteiger partial charge is 0.494 e. The lowest BCUT2D eigenvalue weighted by Gasteiger charge is -2.26. The zero-order valence-corrected chi connectivity index (χ0v) is 35.9. The van der Waals surface area contributed by atoms with Gasteiger partial charge in [-0.3, -0.25) is 44.1 Å². The van der Waals surface area contributed by atoms with Gasteiger partial charge in [0.15, 0.2) is 0 Å². The van der Waals surface area contributed by atoms with Crippen LogP contribution in [0.1, 0.15) is 73.3 Å². The van der Waals surface area contributed by atoms with E-state index in [1.54, 1.807) is 45.9 Å². The van der Waals surface area contributed by atoms with Crippen LogP contribution < -0.4 is 37.3 Å². The van der Waals surface area contributed by atoms with Gasteiger partial charge in [-0.25, -0.2) is 9.97 Å². The Kier molecular flexibility index (Phi) is 13.1. The third-order valence-electron chi connectivity index (χ3n) is 10.7. The molecular formula is C42H52N14O7. The van der Waals surface area contributed by atoms with E-state index < -0.39 is 23.6 Å². The van der Waals surface area contributed by atoms with Crippen molar-refractivity contribution >= 4 is 63.3 Å². The van der Waals surface area contributed by atoms with Crippen LogP contribution in [0.15, 0.2) is 42.5 Å². The summed E-state index contributed by atoms with van der Waals surface area (Å²) in [5.41, 5.74) is 21.8. The Hall–Kier alpha value is -7.26. The molecule has 1 fully saturated rings. The summed E-state index contributed by atoms with van der Waals surface area (Å²) < 4.78 is 24.2. The molecule has 6 aromatic rings. The Morgan fingerprint density at radius 1 is 0.794 bits per heavy atom. The summed E-state index contributed by atoms with van der Waals surface area (Å²) in [4.78, 5) is 64.2. The van der Waals surface area contributed by atoms with Gasteiger partial charge < -0.3 is 40.5 Å². The van der Waals surface area contributed by atoms with Gasteiger partial charge >= 0.3 is 0 Å². The van der Waals surface area contributed by atoms with Crippen molar-refractivity contribution in [3.63, 3.8) is 0 Å². The Morgan fingerprint density at radius 2 is 1.37 bits per heavy atom. The molecule has 0 bridgehead atoms. The smallest absolute Gasteiger partial charge is 0.278 e. The summed E-state index contributed by atoms with van der Waals surface area (Å²) >= 11 is 0. The minimum absolute atomic E-state index is 0.139. The molecule has 0 spiro atoms. The van der Waals surface area contributed by atoms with Crippen LogP contribution >= 0.6 is 0 Å². The highest BCUT2D eigenvalue weighted by Crippen LogP contribution is 2.33. The maximum Gasteiger partial charge on any atom is 0.278 e. The minimum atomic E-state index is -0.673. The number of methoxy groups -OCH3 is 1. The van der Waals surface area contributed by atoms with Crippen LogP contribution in [0.4, 0.5) is 17.6 Å². The van der Waals surface area contributed by atoms with Crippen molar-refractivity contribution < 1.29 is 33.4 Å². The number of primary amides is 2. The van der Waals surface area contributed by atoms with Gasteiger partial charge in [0, 0.05) is 56.9 Å². The van der Waals surface area contributed by atoms with Crippen molar-refractivity contribution in [1.29, 1.82) is 0 Å². The number of anilines is 3. The highest BCUT2D eigenvalue weighted by Gasteiger charge is 2.25. The van der Waals surface area contributed by atoms with E-state index in [0.717, 1.165) is 19.6 Å². The number of imidazole rings is 2. The zero-order valence-electron chi connectivity index (χ0n) is 35.9. The summed E-state index contributed by atoms with van der Waals surface area (Å²) in [6.07, 6.45) is 4.37. The number of hydrogen-bond acceptors (Lipinski definition) is 13. The second kappa shape index (κ2) is 18.8. The van der Waals surface area contributed by atoms with Gasteiger partial charge in [-0.15, -0.1) is 0 Å². The standard InChI is InChI=1S/C42H52N14O7/c1-6-55-30(19-24(3)50-55)39(59)48-41-46-28-20-26(37(44)57)22-31(61-5)34(28)53(41)12-8-9-13-54-35-29(47-42(54)49-40(60)36-33(43)25(4)51-56(36)7-2)21-27(38(45)58)23-32(35)63-16-10-11-52-14-17-62-18-15-52/h8-9,19-23H,6-7,10-18,43H2,1-5H3,(H2,44,57)(H2,45,58)(H,46,48,59)(H,47,49,60)/b9-8+. The number of carbonyl (C=O) groups excluding carboxylic acids is 4. The first-order valence-corrected chi connectivity index (χ1v) is 20.6. The van der Waals surface area contributed by atoms with Gasteiger partial charge in [-0.2, -0.15) is 10.2 Å². The molecule has 1 aliphatic heterocycles. The molecule has 0 aliphatic carbocycles. The summed E-state index contributed by atoms with van der Waals surface area (Å²) in [5.74, 6) is -1.35. The van der Waals surface area contributed by atoms with Crippen LogP contribution in [0.25, 0.3) is 22.1 Å². The van der Waals surface area contributed by atoms with Crippen molar-refractivity contribution in [3.8, 4) is 11.5 Å². The molecule has 63 heavy (non-hydrogen) atoms. The number of hydrogen-bond donors (Lipinski definition) is 5. The molecule has 1 aliphatic rings. The van der Waals surface area contributed by atoms with Gasteiger partial charge in [-0.05, 0) is 64.4 Å². The maximum absolute atomic E-state index is 14.0. The van der Waals surface area contributed by atoms with E-state index in [-0.39, 0.29) is 47.5 Å². The molecule has 0 radical (unpaired) electrons. The van der Waals surface area contributed by atoms with Gasteiger partial charge in [-0.1, -0.05) is 12.2 Å². The van der Waals surface area contributed by atoms with E-state index in [9.17, 15) is 19.2 Å². The lowest BCUT2D eigenvalue weighted by Crippen LogP contribution is -2.37. The van der Waals surface area contributed by atoms with Crippen molar-refractivity contribution in [2.24, 2.45) is 11.5 Å². The third-order valence-corrected chi connectivity index (χ3v) is 10.7. The van der Waals surface area contributed by atoms with Crippen molar-refractivity contribution in [1.82, 2.24) is 43.6 Å². The Morgan fingerprint density at radius 3 is 1.94 bits per heavy atom. The molecule has 21 heteroatoms. The number of fused-ring (bicyclic) bond motifs is 2. The molecule has 8 N–H and O–H groups in total. The number of carbonyl (C=O) groups is 4. The number of aromatic nitrogens is 8. The Bertz CT molecular complexity index is 2740. The van der Waals surface area contributed by atoms with Gasteiger partial charge in [0.2, 0.25) is 23.7 Å². The second-order valence-electron chi connectivity index (χ2n) is 14.9.